The van der Waals surface area contributed by atoms with Gasteiger partial charge in [0.15, 0.2) is 11.5 Å². The molecule has 3 aromatic rings. The quantitative estimate of drug-likeness (QED) is 0.769. The summed E-state index contributed by atoms with van der Waals surface area (Å²) in [6.45, 7) is 3.72. The average molecular weight is 268 g/mol. The number of carboxylic acids is 1. The van der Waals surface area contributed by atoms with Crippen LogP contribution in [0.25, 0.3) is 17.0 Å². The third-order valence-electron chi connectivity index (χ3n) is 3.09. The maximum Gasteiger partial charge on any atom is 0.336 e. The summed E-state index contributed by atoms with van der Waals surface area (Å²) >= 11 is 0. The van der Waals surface area contributed by atoms with Crippen LogP contribution in [0, 0.1) is 13.8 Å². The number of fused-ring (bicyclic) bond motifs is 1. The molecule has 0 saturated heterocycles. The van der Waals surface area contributed by atoms with Crippen LogP contribution in [0.4, 0.5) is 0 Å². The Bertz CT molecular complexity index is 823. The van der Waals surface area contributed by atoms with Gasteiger partial charge in [0.05, 0.1) is 5.56 Å². The Labute approximate surface area is 114 Å². The van der Waals surface area contributed by atoms with Gasteiger partial charge in [0.1, 0.15) is 5.82 Å². The van der Waals surface area contributed by atoms with Gasteiger partial charge in [-0.15, -0.1) is 10.2 Å². The largest absolute Gasteiger partial charge is 0.478 e. The van der Waals surface area contributed by atoms with Crippen LogP contribution >= 0.6 is 0 Å². The highest BCUT2D eigenvalue weighted by Gasteiger charge is 2.17. The fraction of sp³-hybridized carbons (Fsp3) is 0.143. The standard InChI is InChI=1S/C14H12N4O2/c1-8-7-12-16-17-13(18(12)9(2)15-8)10-5-3-4-6-11(10)14(19)20/h3-7H,1-2H3,(H,19,20). The second kappa shape index (κ2) is 4.41. The molecule has 6 nitrogen and oxygen atoms in total. The predicted molar refractivity (Wildman–Crippen MR) is 72.7 cm³/mol. The lowest BCUT2D eigenvalue weighted by Gasteiger charge is -2.06. The highest BCUT2D eigenvalue weighted by Crippen LogP contribution is 2.23. The van der Waals surface area contributed by atoms with Crippen LogP contribution in [-0.2, 0) is 0 Å². The van der Waals surface area contributed by atoms with E-state index in [-0.39, 0.29) is 5.56 Å². The number of hydrogen-bond acceptors (Lipinski definition) is 4. The van der Waals surface area contributed by atoms with Gasteiger partial charge < -0.3 is 5.11 Å². The van der Waals surface area contributed by atoms with Crippen molar-refractivity contribution < 1.29 is 9.90 Å². The van der Waals surface area contributed by atoms with Crippen LogP contribution in [0.2, 0.25) is 0 Å². The Morgan fingerprint density at radius 2 is 1.95 bits per heavy atom. The topological polar surface area (TPSA) is 80.4 Å². The molecule has 0 fully saturated rings. The molecular weight excluding hydrogens is 256 g/mol. The molecule has 0 spiro atoms. The average Bonchev–Trinajstić information content (AvgIpc) is 2.82. The number of carbonyl (C=O) groups is 1. The molecule has 1 N–H and O–H groups in total. The molecule has 0 aliphatic rings. The molecule has 0 radical (unpaired) electrons. The van der Waals surface area contributed by atoms with Gasteiger partial charge in [-0.25, -0.2) is 9.78 Å². The van der Waals surface area contributed by atoms with Crippen LogP contribution in [0.3, 0.4) is 0 Å². The van der Waals surface area contributed by atoms with E-state index in [2.05, 4.69) is 15.2 Å². The summed E-state index contributed by atoms with van der Waals surface area (Å²) < 4.78 is 1.76. The second-order valence-corrected chi connectivity index (χ2v) is 4.51. The molecule has 0 aliphatic heterocycles. The van der Waals surface area contributed by atoms with E-state index in [9.17, 15) is 9.90 Å². The summed E-state index contributed by atoms with van der Waals surface area (Å²) in [5, 5.41) is 17.5. The molecule has 1 aromatic carbocycles. The minimum atomic E-state index is -0.991. The highest BCUT2D eigenvalue weighted by molar-refractivity contribution is 5.95. The van der Waals surface area contributed by atoms with Crippen LogP contribution in [-0.4, -0.2) is 30.7 Å². The molecule has 2 aromatic heterocycles. The summed E-state index contributed by atoms with van der Waals surface area (Å²) in [5.74, 6) is 0.221. The highest BCUT2D eigenvalue weighted by atomic mass is 16.4. The van der Waals surface area contributed by atoms with Gasteiger partial charge in [0.25, 0.3) is 0 Å². The van der Waals surface area contributed by atoms with Crippen molar-refractivity contribution in [1.29, 1.82) is 0 Å². The fourth-order valence-corrected chi connectivity index (χ4v) is 2.27. The predicted octanol–water partition coefficient (Wildman–Crippen LogP) is 2.11. The third kappa shape index (κ3) is 1.82. The van der Waals surface area contributed by atoms with Gasteiger partial charge in [0.2, 0.25) is 0 Å². The molecule has 0 saturated carbocycles. The minimum Gasteiger partial charge on any atom is -0.478 e. The van der Waals surface area contributed by atoms with Gasteiger partial charge in [-0.2, -0.15) is 0 Å². The van der Waals surface area contributed by atoms with Crippen LogP contribution in [0.5, 0.6) is 0 Å². The summed E-state index contributed by atoms with van der Waals surface area (Å²) in [7, 11) is 0. The van der Waals surface area contributed by atoms with Crippen LogP contribution < -0.4 is 0 Å². The van der Waals surface area contributed by atoms with Gasteiger partial charge in [-0.05, 0) is 19.9 Å². The Balaban J connectivity index is 2.34. The van der Waals surface area contributed by atoms with Gasteiger partial charge >= 0.3 is 5.97 Å². The molecular formula is C14H12N4O2. The van der Waals surface area contributed by atoms with E-state index in [1.54, 1.807) is 28.7 Å². The molecule has 0 atom stereocenters. The van der Waals surface area contributed by atoms with Crippen molar-refractivity contribution in [2.45, 2.75) is 13.8 Å². The zero-order chi connectivity index (χ0) is 14.3. The molecule has 20 heavy (non-hydrogen) atoms. The van der Waals surface area contributed by atoms with E-state index in [4.69, 9.17) is 0 Å². The van der Waals surface area contributed by atoms with Crippen molar-refractivity contribution in [3.8, 4) is 11.4 Å². The zero-order valence-corrected chi connectivity index (χ0v) is 11.0. The Hall–Kier alpha value is -2.76. The maximum atomic E-state index is 11.3. The molecule has 0 amide bonds. The fourth-order valence-electron chi connectivity index (χ4n) is 2.27. The van der Waals surface area contributed by atoms with Crippen molar-refractivity contribution in [2.24, 2.45) is 0 Å². The molecule has 0 aliphatic carbocycles. The molecule has 3 rings (SSSR count). The van der Waals surface area contributed by atoms with Gasteiger partial charge in [-0.1, -0.05) is 18.2 Å². The maximum absolute atomic E-state index is 11.3. The Kier molecular flexibility index (Phi) is 2.71. The summed E-state index contributed by atoms with van der Waals surface area (Å²) in [5.41, 5.74) is 2.23. The first-order chi connectivity index (χ1) is 9.58. The van der Waals surface area contributed by atoms with Crippen molar-refractivity contribution in [2.75, 3.05) is 0 Å². The molecule has 0 unspecified atom stereocenters. The van der Waals surface area contributed by atoms with Gasteiger partial charge in [0, 0.05) is 17.3 Å². The summed E-state index contributed by atoms with van der Waals surface area (Å²) in [6, 6.07) is 8.55. The van der Waals surface area contributed by atoms with Crippen LogP contribution in [0.1, 0.15) is 21.9 Å². The van der Waals surface area contributed by atoms with Crippen molar-refractivity contribution in [1.82, 2.24) is 19.6 Å². The number of aromatic nitrogens is 4. The van der Waals surface area contributed by atoms with E-state index in [1.165, 1.54) is 0 Å². The number of hydrogen-bond donors (Lipinski definition) is 1. The minimum absolute atomic E-state index is 0.196. The normalized spacial score (nSPS) is 10.9. The SMILES string of the molecule is Cc1cc2nnc(-c3ccccc3C(=O)O)n2c(C)n1. The lowest BCUT2D eigenvalue weighted by atomic mass is 10.1. The first-order valence-electron chi connectivity index (χ1n) is 6.10. The number of carboxylic acid groups (broad SMARTS) is 1. The lowest BCUT2D eigenvalue weighted by Crippen LogP contribution is -2.04. The van der Waals surface area contributed by atoms with E-state index in [1.807, 2.05) is 19.9 Å². The molecule has 100 valence electrons. The lowest BCUT2D eigenvalue weighted by molar-refractivity contribution is 0.0697. The van der Waals surface area contributed by atoms with Gasteiger partial charge in [-0.3, -0.25) is 4.40 Å². The van der Waals surface area contributed by atoms with E-state index in [0.29, 0.717) is 17.0 Å². The number of aryl methyl sites for hydroxylation is 2. The summed E-state index contributed by atoms with van der Waals surface area (Å²) in [4.78, 5) is 15.7. The van der Waals surface area contributed by atoms with E-state index in [0.717, 1.165) is 11.5 Å². The van der Waals surface area contributed by atoms with Crippen molar-refractivity contribution in [3.05, 3.63) is 47.4 Å². The first kappa shape index (κ1) is 12.3. The molecule has 0 bridgehead atoms. The number of aromatic carboxylic acids is 1. The van der Waals surface area contributed by atoms with Crippen LogP contribution in [0.15, 0.2) is 30.3 Å². The monoisotopic (exact) mass is 268 g/mol. The number of nitrogens with zero attached hydrogens (tertiary/aromatic N) is 4. The second-order valence-electron chi connectivity index (χ2n) is 4.51. The molecule has 6 heteroatoms. The number of benzene rings is 1. The summed E-state index contributed by atoms with van der Waals surface area (Å²) in [6.07, 6.45) is 0. The zero-order valence-electron chi connectivity index (χ0n) is 11.0. The third-order valence-corrected chi connectivity index (χ3v) is 3.09. The number of rotatable bonds is 2. The first-order valence-corrected chi connectivity index (χ1v) is 6.10. The van der Waals surface area contributed by atoms with Crippen molar-refractivity contribution >= 4 is 11.6 Å². The van der Waals surface area contributed by atoms with E-state index >= 15 is 0 Å². The van der Waals surface area contributed by atoms with Crippen molar-refractivity contribution in [3.63, 3.8) is 0 Å². The van der Waals surface area contributed by atoms with E-state index < -0.39 is 5.97 Å². The smallest absolute Gasteiger partial charge is 0.336 e. The Morgan fingerprint density at radius 3 is 2.70 bits per heavy atom. The Morgan fingerprint density at radius 1 is 1.20 bits per heavy atom. The molecule has 2 heterocycles.